The lowest BCUT2D eigenvalue weighted by molar-refractivity contribution is -0.126. The number of ether oxygens (including phenoxy) is 1. The fourth-order valence-corrected chi connectivity index (χ4v) is 1.54. The van der Waals surface area contributed by atoms with Gasteiger partial charge in [0, 0.05) is 13.1 Å². The van der Waals surface area contributed by atoms with E-state index in [1.807, 2.05) is 19.2 Å². The molecular weight excluding hydrogens is 258 g/mol. The van der Waals surface area contributed by atoms with Gasteiger partial charge in [-0.1, -0.05) is 12.1 Å². The van der Waals surface area contributed by atoms with Crippen molar-refractivity contribution < 1.29 is 14.3 Å². The Kier molecular flexibility index (Phi) is 5.99. The van der Waals surface area contributed by atoms with Gasteiger partial charge in [-0.3, -0.25) is 10.1 Å². The summed E-state index contributed by atoms with van der Waals surface area (Å²) in [6, 6.07) is 7.15. The monoisotopic (exact) mass is 279 g/mol. The maximum Gasteiger partial charge on any atom is 0.321 e. The summed E-state index contributed by atoms with van der Waals surface area (Å²) in [6.45, 7) is 3.64. The SMILES string of the molecule is CNC(=O)NC(=O)C(C)Oc1ccc(C(C)NC)cc1. The predicted molar refractivity (Wildman–Crippen MR) is 76.6 cm³/mol. The molecule has 0 bridgehead atoms. The van der Waals surface area contributed by atoms with Gasteiger partial charge < -0.3 is 15.4 Å². The third-order valence-corrected chi connectivity index (χ3v) is 2.96. The van der Waals surface area contributed by atoms with Crippen LogP contribution in [0.3, 0.4) is 0 Å². The molecule has 0 aromatic heterocycles. The molecule has 0 aliphatic rings. The van der Waals surface area contributed by atoms with Gasteiger partial charge in [-0.15, -0.1) is 0 Å². The molecule has 0 fully saturated rings. The van der Waals surface area contributed by atoms with Crippen LogP contribution in [0.5, 0.6) is 5.75 Å². The van der Waals surface area contributed by atoms with Crippen molar-refractivity contribution >= 4 is 11.9 Å². The fraction of sp³-hybridized carbons (Fsp3) is 0.429. The summed E-state index contributed by atoms with van der Waals surface area (Å²) in [5, 5.41) is 7.61. The van der Waals surface area contributed by atoms with E-state index >= 15 is 0 Å². The van der Waals surface area contributed by atoms with Crippen LogP contribution in [0.1, 0.15) is 25.5 Å². The average molecular weight is 279 g/mol. The van der Waals surface area contributed by atoms with Crippen LogP contribution in [0.15, 0.2) is 24.3 Å². The quantitative estimate of drug-likeness (QED) is 0.756. The van der Waals surface area contributed by atoms with Crippen LogP contribution < -0.4 is 20.7 Å². The Morgan fingerprint density at radius 2 is 1.70 bits per heavy atom. The first-order chi connectivity index (χ1) is 9.47. The molecular formula is C14H21N3O3. The molecule has 0 saturated carbocycles. The fourth-order valence-electron chi connectivity index (χ4n) is 1.54. The lowest BCUT2D eigenvalue weighted by Gasteiger charge is -2.15. The molecule has 2 atom stereocenters. The summed E-state index contributed by atoms with van der Waals surface area (Å²) in [6.07, 6.45) is -0.750. The number of hydrogen-bond donors (Lipinski definition) is 3. The molecule has 0 radical (unpaired) electrons. The van der Waals surface area contributed by atoms with Gasteiger partial charge in [0.25, 0.3) is 5.91 Å². The number of nitrogens with one attached hydrogen (secondary N) is 3. The van der Waals surface area contributed by atoms with E-state index in [0.717, 1.165) is 5.56 Å². The highest BCUT2D eigenvalue weighted by Crippen LogP contribution is 2.18. The van der Waals surface area contributed by atoms with Crippen molar-refractivity contribution in [1.29, 1.82) is 0 Å². The van der Waals surface area contributed by atoms with Gasteiger partial charge in [0.05, 0.1) is 0 Å². The zero-order valence-electron chi connectivity index (χ0n) is 12.2. The third-order valence-electron chi connectivity index (χ3n) is 2.96. The van der Waals surface area contributed by atoms with Gasteiger partial charge >= 0.3 is 6.03 Å². The van der Waals surface area contributed by atoms with E-state index in [-0.39, 0.29) is 6.04 Å². The summed E-state index contributed by atoms with van der Waals surface area (Å²) in [7, 11) is 3.33. The summed E-state index contributed by atoms with van der Waals surface area (Å²) < 4.78 is 5.48. The topological polar surface area (TPSA) is 79.5 Å². The molecule has 0 saturated heterocycles. The molecule has 0 heterocycles. The molecule has 6 heteroatoms. The van der Waals surface area contributed by atoms with Crippen molar-refractivity contribution in [3.63, 3.8) is 0 Å². The van der Waals surface area contributed by atoms with E-state index in [1.165, 1.54) is 7.05 Å². The van der Waals surface area contributed by atoms with E-state index in [4.69, 9.17) is 4.74 Å². The second kappa shape index (κ2) is 7.49. The van der Waals surface area contributed by atoms with E-state index in [1.54, 1.807) is 19.1 Å². The average Bonchev–Trinajstić information content (AvgIpc) is 2.46. The lowest BCUT2D eigenvalue weighted by atomic mass is 10.1. The summed E-state index contributed by atoms with van der Waals surface area (Å²) in [5.41, 5.74) is 1.13. The minimum absolute atomic E-state index is 0.248. The van der Waals surface area contributed by atoms with Crippen LogP contribution in [0, 0.1) is 0 Å². The molecule has 110 valence electrons. The first-order valence-corrected chi connectivity index (χ1v) is 6.44. The van der Waals surface area contributed by atoms with Gasteiger partial charge in [-0.2, -0.15) is 0 Å². The van der Waals surface area contributed by atoms with Crippen LogP contribution in [0.2, 0.25) is 0 Å². The molecule has 1 rings (SSSR count). The van der Waals surface area contributed by atoms with Crippen molar-refractivity contribution in [3.05, 3.63) is 29.8 Å². The molecule has 20 heavy (non-hydrogen) atoms. The number of carbonyl (C=O) groups excluding carboxylic acids is 2. The number of carbonyl (C=O) groups is 2. The van der Waals surface area contributed by atoms with Crippen molar-refractivity contribution in [2.45, 2.75) is 26.0 Å². The smallest absolute Gasteiger partial charge is 0.321 e. The Morgan fingerprint density at radius 3 is 2.20 bits per heavy atom. The van der Waals surface area contributed by atoms with Gasteiger partial charge in [0.1, 0.15) is 5.75 Å². The van der Waals surface area contributed by atoms with Gasteiger partial charge in [0.15, 0.2) is 6.10 Å². The van der Waals surface area contributed by atoms with Crippen molar-refractivity contribution in [2.24, 2.45) is 0 Å². The minimum atomic E-state index is -0.750. The van der Waals surface area contributed by atoms with E-state index < -0.39 is 18.0 Å². The maximum absolute atomic E-state index is 11.6. The molecule has 0 aliphatic carbocycles. The second-order valence-electron chi connectivity index (χ2n) is 4.41. The van der Waals surface area contributed by atoms with Crippen molar-refractivity contribution in [3.8, 4) is 5.75 Å². The van der Waals surface area contributed by atoms with Gasteiger partial charge in [-0.25, -0.2) is 4.79 Å². The number of urea groups is 1. The number of amides is 3. The Labute approximate surface area is 118 Å². The highest BCUT2D eigenvalue weighted by atomic mass is 16.5. The summed E-state index contributed by atoms with van der Waals surface area (Å²) in [5.74, 6) is 0.0913. The zero-order valence-corrected chi connectivity index (χ0v) is 12.2. The molecule has 0 aliphatic heterocycles. The van der Waals surface area contributed by atoms with Crippen LogP contribution >= 0.6 is 0 Å². The molecule has 2 unspecified atom stereocenters. The Morgan fingerprint density at radius 1 is 1.10 bits per heavy atom. The Hall–Kier alpha value is -2.08. The third kappa shape index (κ3) is 4.55. The first-order valence-electron chi connectivity index (χ1n) is 6.44. The largest absolute Gasteiger partial charge is 0.481 e. The van der Waals surface area contributed by atoms with Crippen LogP contribution in [0.4, 0.5) is 4.79 Å². The maximum atomic E-state index is 11.6. The highest BCUT2D eigenvalue weighted by Gasteiger charge is 2.16. The van der Waals surface area contributed by atoms with Gasteiger partial charge in [-0.05, 0) is 38.6 Å². The molecule has 0 spiro atoms. The van der Waals surface area contributed by atoms with Crippen molar-refractivity contribution in [2.75, 3.05) is 14.1 Å². The Bertz CT molecular complexity index is 459. The molecule has 3 amide bonds. The van der Waals surface area contributed by atoms with Gasteiger partial charge in [0.2, 0.25) is 0 Å². The number of rotatable bonds is 5. The normalized spacial score (nSPS) is 13.2. The lowest BCUT2D eigenvalue weighted by Crippen LogP contribution is -2.43. The molecule has 1 aromatic rings. The predicted octanol–water partition coefficient (Wildman–Crippen LogP) is 1.19. The number of hydrogen-bond acceptors (Lipinski definition) is 4. The molecule has 6 nitrogen and oxygen atoms in total. The van der Waals surface area contributed by atoms with Crippen LogP contribution in [0.25, 0.3) is 0 Å². The highest BCUT2D eigenvalue weighted by molar-refractivity contribution is 5.96. The number of benzene rings is 1. The first kappa shape index (κ1) is 16.0. The summed E-state index contributed by atoms with van der Waals surface area (Å²) >= 11 is 0. The van der Waals surface area contributed by atoms with Crippen molar-refractivity contribution in [1.82, 2.24) is 16.0 Å². The summed E-state index contributed by atoms with van der Waals surface area (Å²) in [4.78, 5) is 22.7. The standard InChI is InChI=1S/C14H21N3O3/c1-9(15-3)11-5-7-12(8-6-11)20-10(2)13(18)17-14(19)16-4/h5-10,15H,1-4H3,(H2,16,17,18,19). The van der Waals surface area contributed by atoms with E-state index in [0.29, 0.717) is 5.75 Å². The zero-order chi connectivity index (χ0) is 15.1. The van der Waals surface area contributed by atoms with E-state index in [2.05, 4.69) is 22.9 Å². The Balaban J connectivity index is 2.59. The van der Waals surface area contributed by atoms with Crippen LogP contribution in [-0.2, 0) is 4.79 Å². The van der Waals surface area contributed by atoms with E-state index in [9.17, 15) is 9.59 Å². The number of imide groups is 1. The molecule has 1 aromatic carbocycles. The van der Waals surface area contributed by atoms with Crippen LogP contribution in [-0.4, -0.2) is 32.1 Å². The second-order valence-corrected chi connectivity index (χ2v) is 4.41. The molecule has 3 N–H and O–H groups in total. The minimum Gasteiger partial charge on any atom is -0.481 e.